The van der Waals surface area contributed by atoms with E-state index in [0.29, 0.717) is 5.92 Å². The lowest BCUT2D eigenvalue weighted by Crippen LogP contribution is -2.40. The van der Waals surface area contributed by atoms with E-state index in [1.807, 2.05) is 0 Å². The summed E-state index contributed by atoms with van der Waals surface area (Å²) >= 11 is 0. The summed E-state index contributed by atoms with van der Waals surface area (Å²) in [5, 5.41) is 0. The zero-order chi connectivity index (χ0) is 11.5. The predicted molar refractivity (Wildman–Crippen MR) is 69.3 cm³/mol. The Morgan fingerprint density at radius 1 is 1.19 bits per heavy atom. The molecule has 2 aliphatic rings. The first-order chi connectivity index (χ1) is 7.72. The van der Waals surface area contributed by atoms with Crippen molar-refractivity contribution in [2.75, 3.05) is 19.6 Å². The molecule has 2 rings (SSSR count). The molecule has 0 bridgehead atoms. The fourth-order valence-corrected chi connectivity index (χ4v) is 3.59. The van der Waals surface area contributed by atoms with E-state index < -0.39 is 0 Å². The highest BCUT2D eigenvalue weighted by atomic mass is 15.2. The Labute approximate surface area is 101 Å². The molecule has 1 saturated carbocycles. The smallest absolute Gasteiger partial charge is 0.0124 e. The summed E-state index contributed by atoms with van der Waals surface area (Å²) < 4.78 is 0. The fraction of sp³-hybridized carbons (Fsp3) is 1.00. The molecule has 94 valence electrons. The zero-order valence-electron chi connectivity index (χ0n) is 11.0. The van der Waals surface area contributed by atoms with Crippen molar-refractivity contribution in [2.24, 2.45) is 23.5 Å². The van der Waals surface area contributed by atoms with Crippen molar-refractivity contribution in [3.8, 4) is 0 Å². The Bertz CT molecular complexity index is 215. The Morgan fingerprint density at radius 3 is 2.62 bits per heavy atom. The van der Waals surface area contributed by atoms with Gasteiger partial charge in [0.25, 0.3) is 0 Å². The lowest BCUT2D eigenvalue weighted by molar-refractivity contribution is 0.147. The summed E-state index contributed by atoms with van der Waals surface area (Å²) in [7, 11) is 0. The van der Waals surface area contributed by atoms with Crippen LogP contribution in [0.2, 0.25) is 0 Å². The highest BCUT2D eigenvalue weighted by Gasteiger charge is 2.36. The van der Waals surface area contributed by atoms with Crippen molar-refractivity contribution in [2.45, 2.75) is 52.0 Å². The van der Waals surface area contributed by atoms with Gasteiger partial charge in [-0.05, 0) is 50.1 Å². The number of hydrogen-bond donors (Lipinski definition) is 1. The van der Waals surface area contributed by atoms with E-state index in [-0.39, 0.29) is 0 Å². The molecule has 1 saturated heterocycles. The van der Waals surface area contributed by atoms with Gasteiger partial charge in [-0.3, -0.25) is 4.90 Å². The van der Waals surface area contributed by atoms with Crippen LogP contribution in [-0.4, -0.2) is 30.6 Å². The number of rotatable bonds is 4. The zero-order valence-corrected chi connectivity index (χ0v) is 11.0. The number of nitrogens with two attached hydrogens (primary N) is 1. The first-order valence-electron chi connectivity index (χ1n) is 7.16. The van der Waals surface area contributed by atoms with E-state index >= 15 is 0 Å². The van der Waals surface area contributed by atoms with Crippen molar-refractivity contribution in [1.29, 1.82) is 0 Å². The monoisotopic (exact) mass is 224 g/mol. The van der Waals surface area contributed by atoms with Gasteiger partial charge in [-0.2, -0.15) is 0 Å². The van der Waals surface area contributed by atoms with Gasteiger partial charge in [0.2, 0.25) is 0 Å². The molecule has 3 unspecified atom stereocenters. The number of nitrogens with zero attached hydrogens (tertiary/aromatic N) is 1. The van der Waals surface area contributed by atoms with E-state index in [9.17, 15) is 0 Å². The quantitative estimate of drug-likeness (QED) is 0.795. The van der Waals surface area contributed by atoms with E-state index in [0.717, 1.165) is 24.4 Å². The van der Waals surface area contributed by atoms with Gasteiger partial charge >= 0.3 is 0 Å². The van der Waals surface area contributed by atoms with Crippen LogP contribution in [0.3, 0.4) is 0 Å². The molecule has 2 N–H and O–H groups in total. The Hall–Kier alpha value is -0.0800. The molecule has 0 aromatic rings. The third-order valence-corrected chi connectivity index (χ3v) is 4.84. The lowest BCUT2D eigenvalue weighted by atomic mass is 9.85. The highest BCUT2D eigenvalue weighted by Crippen LogP contribution is 2.36. The maximum atomic E-state index is 5.89. The van der Waals surface area contributed by atoms with Crippen molar-refractivity contribution >= 4 is 0 Å². The first kappa shape index (κ1) is 12.4. The minimum Gasteiger partial charge on any atom is -0.330 e. The molecule has 3 atom stereocenters. The van der Waals surface area contributed by atoms with Crippen molar-refractivity contribution in [1.82, 2.24) is 4.90 Å². The van der Waals surface area contributed by atoms with Crippen LogP contribution in [0.1, 0.15) is 46.0 Å². The van der Waals surface area contributed by atoms with Crippen LogP contribution < -0.4 is 5.73 Å². The van der Waals surface area contributed by atoms with Gasteiger partial charge in [0, 0.05) is 12.6 Å². The first-order valence-corrected chi connectivity index (χ1v) is 7.16. The molecular weight excluding hydrogens is 196 g/mol. The van der Waals surface area contributed by atoms with E-state index in [4.69, 9.17) is 5.73 Å². The van der Waals surface area contributed by atoms with Crippen LogP contribution in [0, 0.1) is 17.8 Å². The van der Waals surface area contributed by atoms with Gasteiger partial charge < -0.3 is 5.73 Å². The molecule has 2 fully saturated rings. The molecular formula is C14H28N2. The van der Waals surface area contributed by atoms with Crippen molar-refractivity contribution in [3.05, 3.63) is 0 Å². The van der Waals surface area contributed by atoms with Gasteiger partial charge in [-0.1, -0.05) is 26.7 Å². The molecule has 0 aromatic carbocycles. The van der Waals surface area contributed by atoms with Gasteiger partial charge in [-0.25, -0.2) is 0 Å². The normalized spacial score (nSPS) is 33.0. The molecule has 1 aliphatic carbocycles. The van der Waals surface area contributed by atoms with E-state index in [1.165, 1.54) is 45.2 Å². The average molecular weight is 224 g/mol. The highest BCUT2D eigenvalue weighted by molar-refractivity contribution is 4.90. The second-order valence-corrected chi connectivity index (χ2v) is 6.14. The van der Waals surface area contributed by atoms with Gasteiger partial charge in [0.15, 0.2) is 0 Å². The second kappa shape index (κ2) is 5.50. The molecule has 2 heteroatoms. The minimum atomic E-state index is 0.695. The third kappa shape index (κ3) is 2.60. The molecule has 0 amide bonds. The predicted octanol–water partition coefficient (Wildman–Crippen LogP) is 2.48. The van der Waals surface area contributed by atoms with Gasteiger partial charge in [0.05, 0.1) is 0 Å². The topological polar surface area (TPSA) is 29.3 Å². The van der Waals surface area contributed by atoms with E-state index in [1.54, 1.807) is 0 Å². The van der Waals surface area contributed by atoms with Gasteiger partial charge in [0.1, 0.15) is 0 Å². The SMILES string of the molecule is CC(C)C(CN)CN1CCC2CCCCC21. The standard InChI is InChI=1S/C14H28N2/c1-11(2)13(9-15)10-16-8-7-12-5-3-4-6-14(12)16/h11-14H,3-10,15H2,1-2H3. The average Bonchev–Trinajstić information content (AvgIpc) is 2.69. The number of fused-ring (bicyclic) bond motifs is 1. The van der Waals surface area contributed by atoms with Crippen LogP contribution in [-0.2, 0) is 0 Å². The van der Waals surface area contributed by atoms with Crippen LogP contribution in [0.4, 0.5) is 0 Å². The Kier molecular flexibility index (Phi) is 4.26. The van der Waals surface area contributed by atoms with Crippen LogP contribution >= 0.6 is 0 Å². The number of likely N-dealkylation sites (tertiary alicyclic amines) is 1. The third-order valence-electron chi connectivity index (χ3n) is 4.84. The minimum absolute atomic E-state index is 0.695. The summed E-state index contributed by atoms with van der Waals surface area (Å²) in [5.74, 6) is 2.44. The molecule has 0 radical (unpaired) electrons. The van der Waals surface area contributed by atoms with E-state index in [2.05, 4.69) is 18.7 Å². The van der Waals surface area contributed by atoms with Crippen LogP contribution in [0.15, 0.2) is 0 Å². The molecule has 0 spiro atoms. The number of hydrogen-bond acceptors (Lipinski definition) is 2. The second-order valence-electron chi connectivity index (χ2n) is 6.14. The molecule has 16 heavy (non-hydrogen) atoms. The van der Waals surface area contributed by atoms with Crippen LogP contribution in [0.5, 0.6) is 0 Å². The van der Waals surface area contributed by atoms with Crippen LogP contribution in [0.25, 0.3) is 0 Å². The summed E-state index contributed by atoms with van der Waals surface area (Å²) in [6.45, 7) is 8.05. The lowest BCUT2D eigenvalue weighted by Gasteiger charge is -2.34. The summed E-state index contributed by atoms with van der Waals surface area (Å²) in [6, 6.07) is 0.904. The molecule has 2 nitrogen and oxygen atoms in total. The summed E-state index contributed by atoms with van der Waals surface area (Å²) in [4.78, 5) is 2.75. The molecule has 0 aromatic heterocycles. The van der Waals surface area contributed by atoms with Gasteiger partial charge in [-0.15, -0.1) is 0 Å². The van der Waals surface area contributed by atoms with Crippen molar-refractivity contribution < 1.29 is 0 Å². The maximum absolute atomic E-state index is 5.89. The molecule has 1 heterocycles. The Morgan fingerprint density at radius 2 is 1.94 bits per heavy atom. The Balaban J connectivity index is 1.89. The largest absolute Gasteiger partial charge is 0.330 e. The fourth-order valence-electron chi connectivity index (χ4n) is 3.59. The summed E-state index contributed by atoms with van der Waals surface area (Å²) in [6.07, 6.45) is 7.29. The maximum Gasteiger partial charge on any atom is 0.0124 e. The van der Waals surface area contributed by atoms with Crippen molar-refractivity contribution in [3.63, 3.8) is 0 Å². The summed E-state index contributed by atoms with van der Waals surface area (Å²) in [5.41, 5.74) is 5.89. The molecule has 1 aliphatic heterocycles.